The number of nitrogens with zero attached hydrogens (tertiary/aromatic N) is 2. The molecule has 0 aliphatic carbocycles. The lowest BCUT2D eigenvalue weighted by molar-refractivity contribution is 0.587. The first-order chi connectivity index (χ1) is 8.66. The summed E-state index contributed by atoms with van der Waals surface area (Å²) in [6.45, 7) is 6.88. The van der Waals surface area contributed by atoms with Gasteiger partial charge in [-0.05, 0) is 11.6 Å². The molecule has 2 rings (SSSR count). The predicted octanol–water partition coefficient (Wildman–Crippen LogP) is 1.15. The third-order valence-corrected chi connectivity index (χ3v) is 4.38. The first-order valence-electron chi connectivity index (χ1n) is 6.43. The molecule has 1 aliphatic heterocycles. The molecular formula is C13H21N3OS. The second kappa shape index (κ2) is 6.29. The van der Waals surface area contributed by atoms with E-state index in [-0.39, 0.29) is 0 Å². The van der Waals surface area contributed by atoms with Crippen LogP contribution in [-0.2, 0) is 17.3 Å². The molecule has 0 aromatic carbocycles. The van der Waals surface area contributed by atoms with Crippen molar-refractivity contribution in [3.05, 3.63) is 24.0 Å². The van der Waals surface area contributed by atoms with E-state index in [2.05, 4.69) is 35.1 Å². The van der Waals surface area contributed by atoms with E-state index >= 15 is 0 Å². The normalized spacial score (nSPS) is 17.4. The Balaban J connectivity index is 2.09. The maximum Gasteiger partial charge on any atom is 0.0598 e. The molecule has 4 nitrogen and oxygen atoms in total. The largest absolute Gasteiger partial charge is 0.368 e. The topological polar surface area (TPSA) is 45.2 Å². The molecule has 100 valence electrons. The highest BCUT2D eigenvalue weighted by atomic mass is 32.2. The van der Waals surface area contributed by atoms with E-state index in [0.29, 0.717) is 6.04 Å². The molecule has 1 aromatic heterocycles. The summed E-state index contributed by atoms with van der Waals surface area (Å²) < 4.78 is 11.4. The Hall–Kier alpha value is -0.940. The van der Waals surface area contributed by atoms with E-state index < -0.39 is 10.8 Å². The Morgan fingerprint density at radius 2 is 2.17 bits per heavy atom. The van der Waals surface area contributed by atoms with Gasteiger partial charge in [-0.3, -0.25) is 9.19 Å². The Morgan fingerprint density at radius 3 is 2.83 bits per heavy atom. The zero-order chi connectivity index (χ0) is 13.0. The quantitative estimate of drug-likeness (QED) is 0.889. The van der Waals surface area contributed by atoms with Gasteiger partial charge in [-0.15, -0.1) is 0 Å². The SMILES string of the molecule is CC(C)NCc1ccncc1N1CCS(=O)CC1. The van der Waals surface area contributed by atoms with E-state index in [1.54, 1.807) is 0 Å². The Bertz CT molecular complexity index is 412. The molecule has 0 radical (unpaired) electrons. The average molecular weight is 267 g/mol. The molecular weight excluding hydrogens is 246 g/mol. The monoisotopic (exact) mass is 267 g/mol. The highest BCUT2D eigenvalue weighted by Crippen LogP contribution is 2.20. The molecule has 0 spiro atoms. The molecule has 0 atom stereocenters. The fourth-order valence-electron chi connectivity index (χ4n) is 2.04. The summed E-state index contributed by atoms with van der Waals surface area (Å²) in [5.41, 5.74) is 2.45. The number of hydrogen-bond acceptors (Lipinski definition) is 4. The smallest absolute Gasteiger partial charge is 0.0598 e. The lowest BCUT2D eigenvalue weighted by atomic mass is 10.2. The molecule has 1 saturated heterocycles. The second-order valence-corrected chi connectivity index (χ2v) is 6.57. The van der Waals surface area contributed by atoms with Crippen LogP contribution >= 0.6 is 0 Å². The van der Waals surface area contributed by atoms with Crippen molar-refractivity contribution >= 4 is 16.5 Å². The van der Waals surface area contributed by atoms with Crippen molar-refractivity contribution in [1.82, 2.24) is 10.3 Å². The Labute approximate surface area is 111 Å². The van der Waals surface area contributed by atoms with Crippen LogP contribution in [0.5, 0.6) is 0 Å². The van der Waals surface area contributed by atoms with Crippen molar-refractivity contribution < 1.29 is 4.21 Å². The molecule has 1 fully saturated rings. The van der Waals surface area contributed by atoms with Crippen LogP contribution < -0.4 is 10.2 Å². The van der Waals surface area contributed by atoms with E-state index in [9.17, 15) is 4.21 Å². The van der Waals surface area contributed by atoms with E-state index in [1.807, 2.05) is 12.4 Å². The highest BCUT2D eigenvalue weighted by molar-refractivity contribution is 7.85. The van der Waals surface area contributed by atoms with Gasteiger partial charge in [0.2, 0.25) is 0 Å². The van der Waals surface area contributed by atoms with Crippen LogP contribution in [0.25, 0.3) is 0 Å². The number of nitrogens with one attached hydrogen (secondary N) is 1. The zero-order valence-corrected chi connectivity index (χ0v) is 11.9. The van der Waals surface area contributed by atoms with Gasteiger partial charge in [0.1, 0.15) is 0 Å². The lowest BCUT2D eigenvalue weighted by Gasteiger charge is -2.30. The number of aromatic nitrogens is 1. The standard InChI is InChI=1S/C13H21N3OS/c1-11(2)15-9-12-3-4-14-10-13(12)16-5-7-18(17)8-6-16/h3-4,10-11,15H,5-9H2,1-2H3. The number of hydrogen-bond donors (Lipinski definition) is 1. The highest BCUT2D eigenvalue weighted by Gasteiger charge is 2.17. The third-order valence-electron chi connectivity index (χ3n) is 3.11. The van der Waals surface area contributed by atoms with Gasteiger partial charge in [0.15, 0.2) is 0 Å². The summed E-state index contributed by atoms with van der Waals surface area (Å²) in [5, 5.41) is 3.44. The van der Waals surface area contributed by atoms with E-state index in [0.717, 1.165) is 31.1 Å². The van der Waals surface area contributed by atoms with Crippen molar-refractivity contribution in [2.45, 2.75) is 26.4 Å². The van der Waals surface area contributed by atoms with Crippen LogP contribution in [0.4, 0.5) is 5.69 Å². The average Bonchev–Trinajstić information content (AvgIpc) is 2.38. The third kappa shape index (κ3) is 3.53. The van der Waals surface area contributed by atoms with Crippen molar-refractivity contribution in [2.24, 2.45) is 0 Å². The molecule has 1 aromatic rings. The molecule has 2 heterocycles. The van der Waals surface area contributed by atoms with Crippen LogP contribution in [0.15, 0.2) is 18.5 Å². The minimum Gasteiger partial charge on any atom is -0.368 e. The minimum atomic E-state index is -0.630. The summed E-state index contributed by atoms with van der Waals surface area (Å²) in [5.74, 6) is 1.54. The zero-order valence-electron chi connectivity index (χ0n) is 11.1. The van der Waals surface area contributed by atoms with E-state index in [1.165, 1.54) is 11.3 Å². The van der Waals surface area contributed by atoms with Gasteiger partial charge in [0.05, 0.1) is 11.9 Å². The fraction of sp³-hybridized carbons (Fsp3) is 0.615. The van der Waals surface area contributed by atoms with Gasteiger partial charge in [0, 0.05) is 54.2 Å². The molecule has 1 N–H and O–H groups in total. The summed E-state index contributed by atoms with van der Waals surface area (Å²) in [6.07, 6.45) is 3.76. The summed E-state index contributed by atoms with van der Waals surface area (Å²) in [7, 11) is -0.630. The number of anilines is 1. The van der Waals surface area contributed by atoms with Crippen LogP contribution in [0.2, 0.25) is 0 Å². The summed E-state index contributed by atoms with van der Waals surface area (Å²) >= 11 is 0. The predicted molar refractivity (Wildman–Crippen MR) is 76.3 cm³/mol. The van der Waals surface area contributed by atoms with Crippen molar-refractivity contribution in [3.63, 3.8) is 0 Å². The molecule has 0 bridgehead atoms. The fourth-order valence-corrected chi connectivity index (χ4v) is 3.09. The van der Waals surface area contributed by atoms with Crippen molar-refractivity contribution in [2.75, 3.05) is 29.5 Å². The van der Waals surface area contributed by atoms with Crippen LogP contribution in [0.3, 0.4) is 0 Å². The van der Waals surface area contributed by atoms with Gasteiger partial charge >= 0.3 is 0 Å². The number of pyridine rings is 1. The molecule has 5 heteroatoms. The van der Waals surface area contributed by atoms with Gasteiger partial charge in [0.25, 0.3) is 0 Å². The molecule has 1 aliphatic rings. The van der Waals surface area contributed by atoms with Gasteiger partial charge in [-0.25, -0.2) is 0 Å². The molecule has 0 amide bonds. The number of rotatable bonds is 4. The van der Waals surface area contributed by atoms with Crippen LogP contribution in [-0.4, -0.2) is 39.8 Å². The van der Waals surface area contributed by atoms with Gasteiger partial charge < -0.3 is 10.2 Å². The molecule has 0 saturated carbocycles. The van der Waals surface area contributed by atoms with Crippen molar-refractivity contribution in [3.8, 4) is 0 Å². The Kier molecular flexibility index (Phi) is 4.72. The first kappa shape index (κ1) is 13.5. The minimum absolute atomic E-state index is 0.472. The van der Waals surface area contributed by atoms with Gasteiger partial charge in [-0.1, -0.05) is 13.8 Å². The van der Waals surface area contributed by atoms with Crippen LogP contribution in [0.1, 0.15) is 19.4 Å². The van der Waals surface area contributed by atoms with Crippen LogP contribution in [0, 0.1) is 0 Å². The van der Waals surface area contributed by atoms with E-state index in [4.69, 9.17) is 0 Å². The Morgan fingerprint density at radius 1 is 1.44 bits per heavy atom. The first-order valence-corrected chi connectivity index (χ1v) is 7.92. The molecule has 18 heavy (non-hydrogen) atoms. The maximum absolute atomic E-state index is 11.4. The van der Waals surface area contributed by atoms with Crippen molar-refractivity contribution in [1.29, 1.82) is 0 Å². The van der Waals surface area contributed by atoms with Gasteiger partial charge in [-0.2, -0.15) is 0 Å². The summed E-state index contributed by atoms with van der Waals surface area (Å²) in [4.78, 5) is 6.52. The second-order valence-electron chi connectivity index (χ2n) is 4.88. The molecule has 0 unspecified atom stereocenters. The summed E-state index contributed by atoms with van der Waals surface area (Å²) in [6, 6.07) is 2.54. The lowest BCUT2D eigenvalue weighted by Crippen LogP contribution is -2.38. The maximum atomic E-state index is 11.4.